The Kier molecular flexibility index (Phi) is 12.1. The number of carbonyl (C=O) groups is 5. The predicted octanol–water partition coefficient (Wildman–Crippen LogP) is 1.91. The van der Waals surface area contributed by atoms with Gasteiger partial charge in [0.2, 0.25) is 16.9 Å². The molecule has 1 aliphatic rings. The molecule has 0 aromatic carbocycles. The number of thioether (sulfide) groups is 1. The quantitative estimate of drug-likeness (QED) is 0.213. The van der Waals surface area contributed by atoms with Crippen molar-refractivity contribution in [3.8, 4) is 0 Å². The molecule has 216 valence electrons. The lowest BCUT2D eigenvalue weighted by atomic mass is 9.99. The maximum absolute atomic E-state index is 13.1. The number of nitrogens with two attached hydrogens (primary N) is 1. The van der Waals surface area contributed by atoms with E-state index in [0.717, 1.165) is 11.8 Å². The van der Waals surface area contributed by atoms with Gasteiger partial charge < -0.3 is 26.4 Å². The first-order chi connectivity index (χ1) is 18.2. The highest BCUT2D eigenvalue weighted by Crippen LogP contribution is 2.16. The van der Waals surface area contributed by atoms with Crippen LogP contribution in [0, 0.1) is 11.8 Å². The third kappa shape index (κ3) is 10.0. The fourth-order valence-electron chi connectivity index (χ4n) is 3.36. The first-order valence-electron chi connectivity index (χ1n) is 12.8. The number of nitrogens with zero attached hydrogens (tertiary/aromatic N) is 1. The second-order valence-corrected chi connectivity index (χ2v) is 12.6. The fourth-order valence-corrected chi connectivity index (χ4v) is 5.00. The van der Waals surface area contributed by atoms with Crippen molar-refractivity contribution >= 4 is 51.9 Å². The molecular weight excluding hydrogens is 542 g/mol. The van der Waals surface area contributed by atoms with E-state index in [1.807, 2.05) is 13.8 Å². The van der Waals surface area contributed by atoms with Gasteiger partial charge in [0, 0.05) is 11.1 Å². The zero-order chi connectivity index (χ0) is 29.3. The van der Waals surface area contributed by atoms with Crippen molar-refractivity contribution < 1.29 is 28.7 Å². The van der Waals surface area contributed by atoms with Gasteiger partial charge in [-0.2, -0.15) is 0 Å². The Morgan fingerprint density at radius 2 is 1.95 bits per heavy atom. The molecule has 2 heterocycles. The average molecular weight is 582 g/mol. The lowest BCUT2D eigenvalue weighted by Gasteiger charge is -2.29. The third-order valence-corrected chi connectivity index (χ3v) is 7.79. The molecule has 0 aliphatic carbocycles. The monoisotopic (exact) mass is 581 g/mol. The van der Waals surface area contributed by atoms with E-state index in [9.17, 15) is 24.0 Å². The molecule has 0 radical (unpaired) electrons. The van der Waals surface area contributed by atoms with E-state index >= 15 is 0 Å². The molecule has 3 amide bonds. The van der Waals surface area contributed by atoms with Crippen molar-refractivity contribution in [2.24, 2.45) is 17.6 Å². The highest BCUT2D eigenvalue weighted by atomic mass is 32.2. The standard InChI is InChI=1S/C26H39N5O6S2/c1-14(2)20(27)24(35)38-10-8-7-9-16-11-18(32)28-12-19-29-17(13-39-19)22(33)31-26(5,6)25(36)30-21(15(3)4)23(34)37-16/h7,9,13-16,20-21H,8,10-12,27H2,1-6H3,(H,28,32)(H,30,36)(H,31,33)/b9-7+/t16-,20+,21?/m1/s1. The van der Waals surface area contributed by atoms with Crippen LogP contribution < -0.4 is 21.7 Å². The second kappa shape index (κ2) is 14.6. The first kappa shape index (κ1) is 32.4. The summed E-state index contributed by atoms with van der Waals surface area (Å²) in [5.74, 6) is -2.01. The normalized spacial score (nSPS) is 21.9. The van der Waals surface area contributed by atoms with Crippen molar-refractivity contribution in [1.29, 1.82) is 0 Å². The molecular formula is C26H39N5O6S2. The van der Waals surface area contributed by atoms with E-state index in [4.69, 9.17) is 10.5 Å². The van der Waals surface area contributed by atoms with Crippen LogP contribution in [0.5, 0.6) is 0 Å². The Morgan fingerprint density at radius 1 is 1.26 bits per heavy atom. The van der Waals surface area contributed by atoms with Crippen LogP contribution >= 0.6 is 23.1 Å². The van der Waals surface area contributed by atoms with Gasteiger partial charge in [-0.1, -0.05) is 45.5 Å². The van der Waals surface area contributed by atoms with Crippen molar-refractivity contribution in [2.45, 2.75) is 84.7 Å². The number of allylic oxidation sites excluding steroid dienone is 1. The summed E-state index contributed by atoms with van der Waals surface area (Å²) in [7, 11) is 0. The van der Waals surface area contributed by atoms with E-state index < -0.39 is 41.5 Å². The largest absolute Gasteiger partial charge is 0.456 e. The Labute approximate surface area is 237 Å². The van der Waals surface area contributed by atoms with Gasteiger partial charge in [-0.05, 0) is 38.2 Å². The smallest absolute Gasteiger partial charge is 0.329 e. The molecule has 1 aromatic rings. The molecule has 0 fully saturated rings. The molecule has 39 heavy (non-hydrogen) atoms. The maximum atomic E-state index is 13.1. The topological polar surface area (TPSA) is 170 Å². The van der Waals surface area contributed by atoms with E-state index in [2.05, 4.69) is 20.9 Å². The highest BCUT2D eigenvalue weighted by molar-refractivity contribution is 8.13. The lowest BCUT2D eigenvalue weighted by Crippen LogP contribution is -2.59. The Bertz CT molecular complexity index is 1080. The molecule has 3 atom stereocenters. The van der Waals surface area contributed by atoms with E-state index in [1.54, 1.807) is 31.4 Å². The molecule has 13 heteroatoms. The molecule has 1 unspecified atom stereocenters. The summed E-state index contributed by atoms with van der Waals surface area (Å²) in [5, 5.41) is 10.0. The number of ether oxygens (including phenoxy) is 1. The number of fused-ring (bicyclic) bond motifs is 2. The Hall–Kier alpha value is -2.77. The second-order valence-electron chi connectivity index (χ2n) is 10.5. The van der Waals surface area contributed by atoms with Crippen molar-refractivity contribution in [1.82, 2.24) is 20.9 Å². The van der Waals surface area contributed by atoms with Gasteiger partial charge in [-0.3, -0.25) is 19.2 Å². The van der Waals surface area contributed by atoms with Crippen molar-refractivity contribution in [3.63, 3.8) is 0 Å². The van der Waals surface area contributed by atoms with Gasteiger partial charge in [0.05, 0.1) is 19.0 Å². The zero-order valence-electron chi connectivity index (χ0n) is 23.2. The number of esters is 1. The zero-order valence-corrected chi connectivity index (χ0v) is 24.9. The van der Waals surface area contributed by atoms with Crippen molar-refractivity contribution in [3.05, 3.63) is 28.2 Å². The Morgan fingerprint density at radius 3 is 2.59 bits per heavy atom. The van der Waals surface area contributed by atoms with Gasteiger partial charge in [0.15, 0.2) is 0 Å². The molecule has 0 spiro atoms. The fraction of sp³-hybridized carbons (Fsp3) is 0.615. The van der Waals surface area contributed by atoms with E-state index in [0.29, 0.717) is 17.2 Å². The summed E-state index contributed by atoms with van der Waals surface area (Å²) in [6.45, 7) is 10.4. The number of carbonyl (C=O) groups excluding carboxylic acids is 5. The summed E-state index contributed by atoms with van der Waals surface area (Å²) in [5.41, 5.74) is 4.67. The van der Waals surface area contributed by atoms with Crippen LogP contribution in [-0.4, -0.2) is 63.3 Å². The number of hydrogen-bond acceptors (Lipinski definition) is 10. The third-order valence-electron chi connectivity index (χ3n) is 5.95. The summed E-state index contributed by atoms with van der Waals surface area (Å²) in [6, 6.07) is -1.55. The summed E-state index contributed by atoms with van der Waals surface area (Å²) >= 11 is 2.34. The van der Waals surface area contributed by atoms with Crippen LogP contribution in [0.25, 0.3) is 0 Å². The van der Waals surface area contributed by atoms with Crippen LogP contribution in [0.1, 0.15) is 69.9 Å². The van der Waals surface area contributed by atoms with Gasteiger partial charge in [0.25, 0.3) is 5.91 Å². The highest BCUT2D eigenvalue weighted by Gasteiger charge is 2.36. The number of nitrogens with one attached hydrogen (secondary N) is 3. The Balaban J connectivity index is 2.22. The minimum Gasteiger partial charge on any atom is -0.456 e. The predicted molar refractivity (Wildman–Crippen MR) is 151 cm³/mol. The summed E-state index contributed by atoms with van der Waals surface area (Å²) < 4.78 is 5.66. The number of thiazole rings is 1. The molecule has 2 rings (SSSR count). The van der Waals surface area contributed by atoms with Crippen LogP contribution in [-0.2, 0) is 30.5 Å². The van der Waals surface area contributed by atoms with Crippen LogP contribution in [0.15, 0.2) is 17.5 Å². The van der Waals surface area contributed by atoms with Crippen LogP contribution in [0.2, 0.25) is 0 Å². The number of amides is 3. The van der Waals surface area contributed by atoms with Crippen LogP contribution in [0.3, 0.4) is 0 Å². The van der Waals surface area contributed by atoms with Crippen molar-refractivity contribution in [2.75, 3.05) is 5.75 Å². The number of aromatic nitrogens is 1. The number of rotatable bonds is 7. The van der Waals surface area contributed by atoms with Gasteiger partial charge >= 0.3 is 5.97 Å². The van der Waals surface area contributed by atoms with Gasteiger partial charge in [-0.15, -0.1) is 11.3 Å². The molecule has 2 bridgehead atoms. The SMILES string of the molecule is CC(C)C1NC(=O)C(C)(C)NC(=O)c2csc(n2)CNC(=O)C[C@@H](/C=C/CCSC(=O)[C@@H](N)C(C)C)OC1=O. The minimum absolute atomic E-state index is 0.0454. The molecule has 5 N–H and O–H groups in total. The number of cyclic esters (lactones) is 1. The molecule has 0 saturated carbocycles. The molecule has 11 nitrogen and oxygen atoms in total. The molecule has 1 aromatic heterocycles. The van der Waals surface area contributed by atoms with Crippen LogP contribution in [0.4, 0.5) is 0 Å². The van der Waals surface area contributed by atoms with Gasteiger partial charge in [0.1, 0.15) is 28.4 Å². The number of hydrogen-bond donors (Lipinski definition) is 4. The summed E-state index contributed by atoms with van der Waals surface area (Å²) in [4.78, 5) is 67.9. The molecule has 0 saturated heterocycles. The van der Waals surface area contributed by atoms with E-state index in [-0.39, 0.29) is 41.5 Å². The average Bonchev–Trinajstić information content (AvgIpc) is 3.33. The molecule has 1 aliphatic heterocycles. The first-order valence-corrected chi connectivity index (χ1v) is 14.7. The van der Waals surface area contributed by atoms with E-state index in [1.165, 1.54) is 25.2 Å². The minimum atomic E-state index is -1.34. The summed E-state index contributed by atoms with van der Waals surface area (Å²) in [6.07, 6.45) is 2.80. The lowest BCUT2D eigenvalue weighted by molar-refractivity contribution is -0.153. The van der Waals surface area contributed by atoms with Gasteiger partial charge in [-0.25, -0.2) is 9.78 Å². The maximum Gasteiger partial charge on any atom is 0.329 e.